The van der Waals surface area contributed by atoms with E-state index in [4.69, 9.17) is 19.6 Å². The molecule has 0 unspecified atom stereocenters. The predicted octanol–water partition coefficient (Wildman–Crippen LogP) is 7.35. The van der Waals surface area contributed by atoms with Gasteiger partial charge in [0.15, 0.2) is 0 Å². The Hall–Kier alpha value is -3.49. The van der Waals surface area contributed by atoms with Crippen LogP contribution in [-0.4, -0.2) is 52.6 Å². The molecule has 2 aliphatic rings. The minimum atomic E-state index is -0.500. The van der Waals surface area contributed by atoms with E-state index < -0.39 is 5.60 Å². The topological polar surface area (TPSA) is 92.1 Å². The van der Waals surface area contributed by atoms with Crippen molar-refractivity contribution in [2.75, 3.05) is 24.6 Å². The van der Waals surface area contributed by atoms with Crippen LogP contribution in [0.15, 0.2) is 48.5 Å². The Bertz CT molecular complexity index is 1430. The van der Waals surface area contributed by atoms with Crippen LogP contribution in [0.2, 0.25) is 0 Å². The standard InChI is InChI=1S/C34H41FN2O4.C4H10O/c1-23(2)41-31(39)21-29-30(22-38)36-24(3)32(33(29)37-18-16-34(17-19-37)14-4-15-34)26-7-11-28(12-8-26)40-20-13-25-5-9-27(35)10-6-25;1-4(2,3)5/h5-12,23,38H,4,13-22H2,1-3H3;5H,1-3H3. The van der Waals surface area contributed by atoms with Crippen molar-refractivity contribution in [2.45, 2.75) is 105 Å². The number of halogens is 1. The summed E-state index contributed by atoms with van der Waals surface area (Å²) < 4.78 is 24.7. The molecule has 1 aliphatic carbocycles. The van der Waals surface area contributed by atoms with Gasteiger partial charge in [-0.05, 0) is 108 Å². The lowest BCUT2D eigenvalue weighted by Crippen LogP contribution is -2.44. The smallest absolute Gasteiger partial charge is 0.310 e. The molecule has 2 fully saturated rings. The molecule has 0 radical (unpaired) electrons. The van der Waals surface area contributed by atoms with Gasteiger partial charge in [-0.3, -0.25) is 9.78 Å². The highest BCUT2D eigenvalue weighted by Crippen LogP contribution is 2.50. The van der Waals surface area contributed by atoms with Crippen LogP contribution in [0.4, 0.5) is 10.1 Å². The first-order valence-electron chi connectivity index (χ1n) is 16.5. The van der Waals surface area contributed by atoms with Gasteiger partial charge in [0.1, 0.15) is 11.6 Å². The number of nitrogens with zero attached hydrogens (tertiary/aromatic N) is 2. The molecule has 8 heteroatoms. The third-order valence-electron chi connectivity index (χ3n) is 8.64. The first-order valence-corrected chi connectivity index (χ1v) is 16.5. The molecule has 1 aromatic heterocycles. The number of hydrogen-bond donors (Lipinski definition) is 2. The summed E-state index contributed by atoms with van der Waals surface area (Å²) >= 11 is 0. The van der Waals surface area contributed by atoms with Crippen molar-refractivity contribution in [1.29, 1.82) is 0 Å². The summed E-state index contributed by atoms with van der Waals surface area (Å²) in [6.07, 6.45) is 6.74. The molecule has 1 saturated heterocycles. The Kier molecular flexibility index (Phi) is 11.8. The van der Waals surface area contributed by atoms with Gasteiger partial charge in [0.25, 0.3) is 0 Å². The first kappa shape index (κ1) is 35.4. The molecule has 2 N–H and O–H groups in total. The largest absolute Gasteiger partial charge is 0.493 e. The molecule has 2 aromatic carbocycles. The van der Waals surface area contributed by atoms with Crippen molar-refractivity contribution >= 4 is 11.7 Å². The molecule has 1 saturated carbocycles. The van der Waals surface area contributed by atoms with Crippen molar-refractivity contribution in [3.63, 3.8) is 0 Å². The van der Waals surface area contributed by atoms with Gasteiger partial charge < -0.3 is 24.6 Å². The molecule has 0 bridgehead atoms. The normalized spacial score (nSPS) is 15.7. The lowest BCUT2D eigenvalue weighted by Gasteiger charge is -2.49. The third kappa shape index (κ3) is 9.76. The summed E-state index contributed by atoms with van der Waals surface area (Å²) in [6.45, 7) is 13.0. The van der Waals surface area contributed by atoms with Crippen LogP contribution in [0.25, 0.3) is 11.1 Å². The quantitative estimate of drug-likeness (QED) is 0.225. The predicted molar refractivity (Wildman–Crippen MR) is 181 cm³/mol. The highest BCUT2D eigenvalue weighted by molar-refractivity contribution is 5.87. The molecule has 3 aromatic rings. The van der Waals surface area contributed by atoms with Gasteiger partial charge in [0.05, 0.1) is 42.7 Å². The van der Waals surface area contributed by atoms with Gasteiger partial charge in [-0.2, -0.15) is 0 Å². The van der Waals surface area contributed by atoms with Crippen LogP contribution in [0.3, 0.4) is 0 Å². The third-order valence-corrected chi connectivity index (χ3v) is 8.64. The summed E-state index contributed by atoms with van der Waals surface area (Å²) in [6, 6.07) is 14.5. The van der Waals surface area contributed by atoms with E-state index in [9.17, 15) is 14.3 Å². The number of pyridine rings is 1. The Morgan fingerprint density at radius 1 is 1.02 bits per heavy atom. The van der Waals surface area contributed by atoms with Crippen molar-refractivity contribution in [3.8, 4) is 16.9 Å². The molecule has 250 valence electrons. The van der Waals surface area contributed by atoms with E-state index in [2.05, 4.69) is 4.90 Å². The molecule has 2 heterocycles. The fraction of sp³-hybridized carbons (Fsp3) is 0.526. The molecular formula is C38H51FN2O5. The van der Waals surface area contributed by atoms with Crippen LogP contribution in [0, 0.1) is 18.2 Å². The maximum Gasteiger partial charge on any atom is 0.310 e. The van der Waals surface area contributed by atoms with E-state index in [1.807, 2.05) is 45.0 Å². The summed E-state index contributed by atoms with van der Waals surface area (Å²) in [5.74, 6) is 0.194. The van der Waals surface area contributed by atoms with Gasteiger partial charge in [-0.1, -0.05) is 30.7 Å². The lowest BCUT2D eigenvalue weighted by molar-refractivity contribution is -0.146. The van der Waals surface area contributed by atoms with E-state index in [0.717, 1.165) is 65.3 Å². The molecule has 7 nitrogen and oxygen atoms in total. The number of ether oxygens (including phenoxy) is 2. The van der Waals surface area contributed by atoms with Crippen molar-refractivity contribution < 1.29 is 28.9 Å². The van der Waals surface area contributed by atoms with Crippen LogP contribution >= 0.6 is 0 Å². The van der Waals surface area contributed by atoms with Crippen LogP contribution < -0.4 is 9.64 Å². The zero-order chi connectivity index (χ0) is 33.5. The fourth-order valence-corrected chi connectivity index (χ4v) is 6.28. The number of carbonyl (C=O) groups is 1. The summed E-state index contributed by atoms with van der Waals surface area (Å²) in [7, 11) is 0. The van der Waals surface area contributed by atoms with Gasteiger partial charge >= 0.3 is 5.97 Å². The number of anilines is 1. The number of aliphatic hydroxyl groups excluding tert-OH is 1. The fourth-order valence-electron chi connectivity index (χ4n) is 6.28. The van der Waals surface area contributed by atoms with E-state index >= 15 is 0 Å². The van der Waals surface area contributed by atoms with Crippen LogP contribution in [-0.2, 0) is 29.0 Å². The molecular weight excluding hydrogens is 583 g/mol. The number of rotatable bonds is 10. The van der Waals surface area contributed by atoms with Gasteiger partial charge in [-0.25, -0.2) is 4.39 Å². The molecule has 1 spiro atoms. The number of carbonyl (C=O) groups excluding carboxylic acids is 1. The molecule has 0 amide bonds. The number of aryl methyl sites for hydroxylation is 1. The number of benzene rings is 2. The second-order valence-electron chi connectivity index (χ2n) is 14.0. The number of aromatic nitrogens is 1. The zero-order valence-electron chi connectivity index (χ0n) is 28.4. The number of aliphatic hydroxyl groups is 2. The van der Waals surface area contributed by atoms with Crippen molar-refractivity contribution in [1.82, 2.24) is 4.98 Å². The zero-order valence-corrected chi connectivity index (χ0v) is 28.4. The van der Waals surface area contributed by atoms with Crippen molar-refractivity contribution in [3.05, 3.63) is 76.9 Å². The molecule has 46 heavy (non-hydrogen) atoms. The van der Waals surface area contributed by atoms with Crippen molar-refractivity contribution in [2.24, 2.45) is 5.41 Å². The first-order chi connectivity index (χ1) is 21.8. The minimum absolute atomic E-state index is 0.0654. The van der Waals surface area contributed by atoms with Gasteiger partial charge in [0, 0.05) is 36.3 Å². The van der Waals surface area contributed by atoms with E-state index in [1.54, 1.807) is 32.9 Å². The van der Waals surface area contributed by atoms with Crippen LogP contribution in [0.5, 0.6) is 5.75 Å². The van der Waals surface area contributed by atoms with Gasteiger partial charge in [-0.15, -0.1) is 0 Å². The summed E-state index contributed by atoms with van der Waals surface area (Å²) in [5, 5.41) is 18.8. The van der Waals surface area contributed by atoms with E-state index in [1.165, 1.54) is 31.4 Å². The number of piperidine rings is 1. The minimum Gasteiger partial charge on any atom is -0.493 e. The van der Waals surface area contributed by atoms with Gasteiger partial charge in [0.2, 0.25) is 0 Å². The summed E-state index contributed by atoms with van der Waals surface area (Å²) in [4.78, 5) is 20.1. The summed E-state index contributed by atoms with van der Waals surface area (Å²) in [5.41, 5.74) is 6.06. The Balaban J connectivity index is 0.000000892. The Labute approximate surface area is 273 Å². The van der Waals surface area contributed by atoms with E-state index in [-0.39, 0.29) is 30.9 Å². The molecule has 0 atom stereocenters. The monoisotopic (exact) mass is 634 g/mol. The Morgan fingerprint density at radius 2 is 1.63 bits per heavy atom. The Morgan fingerprint density at radius 3 is 2.15 bits per heavy atom. The van der Waals surface area contributed by atoms with Crippen LogP contribution in [0.1, 0.15) is 89.2 Å². The average molecular weight is 635 g/mol. The molecule has 5 rings (SSSR count). The highest BCUT2D eigenvalue weighted by atomic mass is 19.1. The number of esters is 1. The second kappa shape index (κ2) is 15.4. The SMILES string of the molecule is CC(C)(C)O.Cc1nc(CO)c(CC(=O)OC(C)C)c(N2CCC3(CCC3)CC2)c1-c1ccc(OCCc2ccc(F)cc2)cc1. The lowest BCUT2D eigenvalue weighted by atomic mass is 9.63. The maximum atomic E-state index is 13.2. The molecule has 1 aliphatic heterocycles. The maximum absolute atomic E-state index is 13.2. The van der Waals surface area contributed by atoms with E-state index in [0.29, 0.717) is 24.1 Å². The second-order valence-corrected chi connectivity index (χ2v) is 14.0. The number of hydrogen-bond acceptors (Lipinski definition) is 7. The highest BCUT2D eigenvalue weighted by Gasteiger charge is 2.40. The average Bonchev–Trinajstić information content (AvgIpc) is 2.97.